The van der Waals surface area contributed by atoms with Gasteiger partial charge in [0, 0.05) is 18.0 Å². The number of nitrogens with zero attached hydrogens (tertiary/aromatic N) is 3. The fourth-order valence-corrected chi connectivity index (χ4v) is 2.90. The molecule has 0 fully saturated rings. The normalized spacial score (nSPS) is 16.7. The smallest absolute Gasteiger partial charge is 0.266 e. The molecule has 5 nitrogen and oxygen atoms in total. The Labute approximate surface area is 147 Å². The van der Waals surface area contributed by atoms with E-state index < -0.39 is 17.8 Å². The van der Waals surface area contributed by atoms with E-state index in [1.54, 1.807) is 29.3 Å². The topological polar surface area (TPSA) is 52.0 Å². The number of ether oxygens (including phenoxy) is 1. The zero-order valence-corrected chi connectivity index (χ0v) is 13.8. The molecule has 0 amide bonds. The molecule has 0 saturated heterocycles. The van der Waals surface area contributed by atoms with Crippen molar-refractivity contribution >= 4 is 11.0 Å². The second-order valence-corrected chi connectivity index (χ2v) is 6.02. The highest BCUT2D eigenvalue weighted by molar-refractivity contribution is 5.80. The van der Waals surface area contributed by atoms with Crippen LogP contribution in [-0.4, -0.2) is 21.0 Å². The molecule has 134 valence electrons. The molecule has 2 aromatic heterocycles. The number of rotatable bonds is 4. The molecule has 0 saturated carbocycles. The third-order valence-corrected chi connectivity index (χ3v) is 4.20. The van der Waals surface area contributed by atoms with Crippen LogP contribution >= 0.6 is 0 Å². The lowest BCUT2D eigenvalue weighted by molar-refractivity contribution is 0.110. The summed E-state index contributed by atoms with van der Waals surface area (Å²) in [4.78, 5) is 4.33. The van der Waals surface area contributed by atoms with Gasteiger partial charge in [-0.2, -0.15) is 5.10 Å². The fourth-order valence-electron chi connectivity index (χ4n) is 2.90. The summed E-state index contributed by atoms with van der Waals surface area (Å²) in [6.07, 6.45) is 1.86. The summed E-state index contributed by atoms with van der Waals surface area (Å²) in [5, 5.41) is 7.40. The van der Waals surface area contributed by atoms with Gasteiger partial charge in [-0.25, -0.2) is 13.2 Å². The number of hydrogen-bond acceptors (Lipinski definition) is 4. The number of pyridine rings is 1. The molecule has 1 aliphatic heterocycles. The van der Waals surface area contributed by atoms with E-state index in [1.165, 1.54) is 6.07 Å². The van der Waals surface area contributed by atoms with Crippen molar-refractivity contribution in [3.8, 4) is 11.1 Å². The zero-order chi connectivity index (χ0) is 18.3. The number of alkyl halides is 2. The van der Waals surface area contributed by atoms with Gasteiger partial charge in [-0.3, -0.25) is 9.67 Å². The first kappa shape index (κ1) is 16.4. The van der Waals surface area contributed by atoms with E-state index in [0.29, 0.717) is 23.2 Å². The zero-order valence-electron chi connectivity index (χ0n) is 13.8. The van der Waals surface area contributed by atoms with Gasteiger partial charge in [0.15, 0.2) is 6.23 Å². The summed E-state index contributed by atoms with van der Waals surface area (Å²) < 4.78 is 46.8. The number of aromatic nitrogens is 3. The summed E-state index contributed by atoms with van der Waals surface area (Å²) in [5.41, 5.74) is 1.86. The van der Waals surface area contributed by atoms with Gasteiger partial charge in [-0.1, -0.05) is 6.07 Å². The van der Waals surface area contributed by atoms with Crippen LogP contribution in [0.15, 0.2) is 48.6 Å². The minimum atomic E-state index is -2.88. The first-order chi connectivity index (χ1) is 12.5. The minimum Gasteiger partial charge on any atom is -0.472 e. The Morgan fingerprint density at radius 2 is 2.08 bits per heavy atom. The van der Waals surface area contributed by atoms with Gasteiger partial charge >= 0.3 is 0 Å². The van der Waals surface area contributed by atoms with E-state index in [9.17, 15) is 13.2 Å². The summed E-state index contributed by atoms with van der Waals surface area (Å²) in [5.74, 6) is -0.133. The van der Waals surface area contributed by atoms with Crippen LogP contribution in [0.25, 0.3) is 22.2 Å². The van der Waals surface area contributed by atoms with Crippen molar-refractivity contribution in [1.29, 1.82) is 0 Å². The van der Waals surface area contributed by atoms with Crippen molar-refractivity contribution in [2.75, 3.05) is 0 Å². The molecule has 0 radical (unpaired) electrons. The molecular formula is C18H15F3N4O. The maximum atomic E-state index is 13.5. The molecule has 0 aliphatic carbocycles. The van der Waals surface area contributed by atoms with Crippen molar-refractivity contribution < 1.29 is 17.9 Å². The molecule has 0 bridgehead atoms. The monoisotopic (exact) mass is 360 g/mol. The van der Waals surface area contributed by atoms with E-state index in [1.807, 2.05) is 6.92 Å². The average molecular weight is 360 g/mol. The highest BCUT2D eigenvalue weighted by Gasteiger charge is 2.18. The number of allylic oxidation sites excluding steroid dienone is 1. The average Bonchev–Trinajstić information content (AvgIpc) is 3.21. The Hall–Kier alpha value is -3.03. The summed E-state index contributed by atoms with van der Waals surface area (Å²) in [7, 11) is 0. The van der Waals surface area contributed by atoms with Crippen molar-refractivity contribution in [3.05, 3.63) is 60.0 Å². The number of fused-ring (bicyclic) bond motifs is 1. The van der Waals surface area contributed by atoms with E-state index in [2.05, 4.69) is 15.4 Å². The first-order valence-corrected chi connectivity index (χ1v) is 8.00. The molecular weight excluding hydrogens is 345 g/mol. The van der Waals surface area contributed by atoms with Crippen LogP contribution in [0.3, 0.4) is 0 Å². The molecule has 1 aliphatic rings. The van der Waals surface area contributed by atoms with E-state index >= 15 is 0 Å². The molecule has 8 heteroatoms. The van der Waals surface area contributed by atoms with Gasteiger partial charge in [0.2, 0.25) is 0 Å². The molecule has 0 spiro atoms. The van der Waals surface area contributed by atoms with Gasteiger partial charge in [0.1, 0.15) is 17.1 Å². The predicted molar refractivity (Wildman–Crippen MR) is 89.6 cm³/mol. The Morgan fingerprint density at radius 3 is 2.81 bits per heavy atom. The Kier molecular flexibility index (Phi) is 4.02. The summed E-state index contributed by atoms with van der Waals surface area (Å²) >= 11 is 0. The number of halogens is 3. The highest BCUT2D eigenvalue weighted by atomic mass is 19.3. The van der Waals surface area contributed by atoms with Gasteiger partial charge in [0.05, 0.1) is 23.8 Å². The van der Waals surface area contributed by atoms with Crippen molar-refractivity contribution in [3.63, 3.8) is 0 Å². The largest absolute Gasteiger partial charge is 0.472 e. The second kappa shape index (κ2) is 6.36. The van der Waals surface area contributed by atoms with Gasteiger partial charge in [-0.15, -0.1) is 0 Å². The lowest BCUT2D eigenvalue weighted by Crippen LogP contribution is -2.27. The van der Waals surface area contributed by atoms with Crippen LogP contribution in [0.5, 0.6) is 0 Å². The molecule has 1 aromatic carbocycles. The van der Waals surface area contributed by atoms with Crippen LogP contribution in [-0.2, 0) is 11.3 Å². The molecule has 26 heavy (non-hydrogen) atoms. The molecule has 1 N–H and O–H groups in total. The van der Waals surface area contributed by atoms with Crippen LogP contribution in [0.4, 0.5) is 13.2 Å². The minimum absolute atomic E-state index is 0.238. The Balaban J connectivity index is 1.69. The van der Waals surface area contributed by atoms with Crippen LogP contribution < -0.4 is 5.32 Å². The predicted octanol–water partition coefficient (Wildman–Crippen LogP) is 3.98. The molecule has 1 atom stereocenters. The Morgan fingerprint density at radius 1 is 1.23 bits per heavy atom. The second-order valence-electron chi connectivity index (χ2n) is 6.02. The molecule has 1 unspecified atom stereocenters. The quantitative estimate of drug-likeness (QED) is 0.765. The molecule has 3 heterocycles. The number of hydrogen-bond donors (Lipinski definition) is 1. The molecule has 4 rings (SSSR count). The van der Waals surface area contributed by atoms with Crippen LogP contribution in [0.1, 0.15) is 18.9 Å². The number of benzene rings is 1. The third-order valence-electron chi connectivity index (χ3n) is 4.20. The summed E-state index contributed by atoms with van der Waals surface area (Å²) in [6, 6.07) is 5.45. The van der Waals surface area contributed by atoms with E-state index in [0.717, 1.165) is 23.4 Å². The third kappa shape index (κ3) is 2.98. The highest BCUT2D eigenvalue weighted by Crippen LogP contribution is 2.29. The maximum absolute atomic E-state index is 13.5. The van der Waals surface area contributed by atoms with Gasteiger partial charge < -0.3 is 10.1 Å². The SMILES string of the molecule is CC1=CNC(Cn2ncc3ncc(-c4ccc(F)c(C(F)F)c4)cc32)O1. The first-order valence-electron chi connectivity index (χ1n) is 8.00. The van der Waals surface area contributed by atoms with E-state index in [-0.39, 0.29) is 6.23 Å². The maximum Gasteiger partial charge on any atom is 0.266 e. The standard InChI is InChI=1S/C18H15F3N4O/c1-10-6-23-17(26-10)9-25-16-5-12(7-22-15(16)8-24-25)11-2-3-14(19)13(4-11)18(20)21/h2-8,17-18,23H,9H2,1H3. The lowest BCUT2D eigenvalue weighted by Gasteiger charge is -2.13. The van der Waals surface area contributed by atoms with Crippen molar-refractivity contribution in [1.82, 2.24) is 20.1 Å². The van der Waals surface area contributed by atoms with Crippen LogP contribution in [0.2, 0.25) is 0 Å². The van der Waals surface area contributed by atoms with Gasteiger partial charge in [0.25, 0.3) is 6.43 Å². The number of nitrogens with one attached hydrogen (secondary N) is 1. The summed E-state index contributed by atoms with van der Waals surface area (Å²) in [6.45, 7) is 2.30. The van der Waals surface area contributed by atoms with E-state index in [4.69, 9.17) is 4.74 Å². The van der Waals surface area contributed by atoms with Crippen molar-refractivity contribution in [2.45, 2.75) is 26.1 Å². The van der Waals surface area contributed by atoms with Gasteiger partial charge in [-0.05, 0) is 30.7 Å². The lowest BCUT2D eigenvalue weighted by atomic mass is 10.0. The van der Waals surface area contributed by atoms with Crippen molar-refractivity contribution in [2.24, 2.45) is 0 Å². The Bertz CT molecular complexity index is 999. The van der Waals surface area contributed by atoms with Crippen LogP contribution in [0, 0.1) is 5.82 Å². The fraction of sp³-hybridized carbons (Fsp3) is 0.222. The molecule has 3 aromatic rings.